The van der Waals surface area contributed by atoms with E-state index < -0.39 is 10.0 Å². The van der Waals surface area contributed by atoms with Gasteiger partial charge in [0.05, 0.1) is 18.1 Å². The molecule has 0 bridgehead atoms. The summed E-state index contributed by atoms with van der Waals surface area (Å²) in [5, 5.41) is 6.79. The Morgan fingerprint density at radius 3 is 2.48 bits per heavy atom. The van der Waals surface area contributed by atoms with E-state index in [9.17, 15) is 13.2 Å². The van der Waals surface area contributed by atoms with Crippen molar-refractivity contribution in [3.8, 4) is 0 Å². The molecule has 1 fully saturated rings. The van der Waals surface area contributed by atoms with Crippen LogP contribution in [0.3, 0.4) is 0 Å². The molecule has 1 aliphatic rings. The Balaban J connectivity index is 1.65. The van der Waals surface area contributed by atoms with Gasteiger partial charge >= 0.3 is 0 Å². The molecular formula is C16H20N4O4S. The summed E-state index contributed by atoms with van der Waals surface area (Å²) in [7, 11) is -3.53. The van der Waals surface area contributed by atoms with Crippen molar-refractivity contribution >= 4 is 21.6 Å². The van der Waals surface area contributed by atoms with E-state index >= 15 is 0 Å². The normalized spacial score (nSPS) is 15.9. The van der Waals surface area contributed by atoms with Gasteiger partial charge in [0.25, 0.3) is 0 Å². The van der Waals surface area contributed by atoms with Gasteiger partial charge in [0.2, 0.25) is 15.9 Å². The monoisotopic (exact) mass is 364 g/mol. The van der Waals surface area contributed by atoms with Crippen molar-refractivity contribution in [3.63, 3.8) is 0 Å². The SMILES string of the molecule is Cc1ccnn1CC(=O)Nc1ccc(S(=O)(=O)N2CCOCC2)cc1. The predicted molar refractivity (Wildman–Crippen MR) is 91.6 cm³/mol. The van der Waals surface area contributed by atoms with Crippen LogP contribution in [-0.2, 0) is 26.1 Å². The maximum atomic E-state index is 12.5. The van der Waals surface area contributed by atoms with E-state index in [0.717, 1.165) is 5.69 Å². The van der Waals surface area contributed by atoms with E-state index in [0.29, 0.717) is 32.0 Å². The molecule has 3 rings (SSSR count). The highest BCUT2D eigenvalue weighted by Crippen LogP contribution is 2.19. The molecule has 134 valence electrons. The van der Waals surface area contributed by atoms with Crippen LogP contribution in [0.1, 0.15) is 5.69 Å². The zero-order chi connectivity index (χ0) is 17.9. The number of ether oxygens (including phenoxy) is 1. The number of anilines is 1. The minimum Gasteiger partial charge on any atom is -0.379 e. The maximum absolute atomic E-state index is 12.5. The first-order valence-electron chi connectivity index (χ1n) is 7.93. The molecule has 1 aliphatic heterocycles. The number of nitrogens with one attached hydrogen (secondary N) is 1. The van der Waals surface area contributed by atoms with Crippen LogP contribution in [0.4, 0.5) is 5.69 Å². The standard InChI is InChI=1S/C16H20N4O4S/c1-13-6-7-17-20(13)12-16(21)18-14-2-4-15(5-3-14)25(22,23)19-8-10-24-11-9-19/h2-7H,8-12H2,1H3,(H,18,21). The topological polar surface area (TPSA) is 93.5 Å². The van der Waals surface area contributed by atoms with Crippen LogP contribution in [0, 0.1) is 6.92 Å². The van der Waals surface area contributed by atoms with Crippen molar-refractivity contribution in [2.75, 3.05) is 31.6 Å². The number of amides is 1. The fourth-order valence-electron chi connectivity index (χ4n) is 2.55. The van der Waals surface area contributed by atoms with Gasteiger partial charge in [0, 0.05) is 30.7 Å². The first-order valence-corrected chi connectivity index (χ1v) is 9.37. The summed E-state index contributed by atoms with van der Waals surface area (Å²) in [5.74, 6) is -0.226. The highest BCUT2D eigenvalue weighted by molar-refractivity contribution is 7.89. The number of nitrogens with zero attached hydrogens (tertiary/aromatic N) is 3. The van der Waals surface area contributed by atoms with Crippen molar-refractivity contribution in [3.05, 3.63) is 42.2 Å². The molecule has 25 heavy (non-hydrogen) atoms. The number of benzene rings is 1. The first kappa shape index (κ1) is 17.6. The number of sulfonamides is 1. The summed E-state index contributed by atoms with van der Waals surface area (Å²) in [5.41, 5.74) is 1.43. The molecule has 9 heteroatoms. The Hall–Kier alpha value is -2.23. The quantitative estimate of drug-likeness (QED) is 0.849. The number of morpholine rings is 1. The lowest BCUT2D eigenvalue weighted by atomic mass is 10.3. The molecule has 1 aromatic heterocycles. The smallest absolute Gasteiger partial charge is 0.246 e. The molecule has 8 nitrogen and oxygen atoms in total. The van der Waals surface area contributed by atoms with Crippen LogP contribution in [0.2, 0.25) is 0 Å². The Labute approximate surface area is 146 Å². The van der Waals surface area contributed by atoms with Crippen LogP contribution in [-0.4, -0.2) is 54.7 Å². The summed E-state index contributed by atoms with van der Waals surface area (Å²) in [6.07, 6.45) is 1.63. The number of rotatable bonds is 5. The molecule has 2 heterocycles. The second kappa shape index (κ2) is 7.34. The summed E-state index contributed by atoms with van der Waals surface area (Å²) in [6.45, 7) is 3.48. The average molecular weight is 364 g/mol. The van der Waals surface area contributed by atoms with Gasteiger partial charge in [-0.3, -0.25) is 9.48 Å². The molecule has 2 aromatic rings. The fourth-order valence-corrected chi connectivity index (χ4v) is 3.96. The molecule has 0 aliphatic carbocycles. The van der Waals surface area contributed by atoms with Crippen molar-refractivity contribution in [1.29, 1.82) is 0 Å². The number of aryl methyl sites for hydroxylation is 1. The minimum absolute atomic E-state index is 0.104. The van der Waals surface area contributed by atoms with E-state index in [2.05, 4.69) is 10.4 Å². The molecule has 0 saturated carbocycles. The van der Waals surface area contributed by atoms with Gasteiger partial charge in [0.15, 0.2) is 0 Å². The van der Waals surface area contributed by atoms with Gasteiger partial charge in [0.1, 0.15) is 6.54 Å². The molecule has 0 unspecified atom stereocenters. The summed E-state index contributed by atoms with van der Waals surface area (Å²) in [6, 6.07) is 7.99. The van der Waals surface area contributed by atoms with E-state index in [-0.39, 0.29) is 17.3 Å². The molecule has 1 saturated heterocycles. The third-order valence-electron chi connectivity index (χ3n) is 3.97. The summed E-state index contributed by atoms with van der Waals surface area (Å²) < 4.78 is 33.3. The minimum atomic E-state index is -3.53. The van der Waals surface area contributed by atoms with Crippen LogP contribution in [0.25, 0.3) is 0 Å². The largest absolute Gasteiger partial charge is 0.379 e. The fraction of sp³-hybridized carbons (Fsp3) is 0.375. The lowest BCUT2D eigenvalue weighted by Gasteiger charge is -2.26. The van der Waals surface area contributed by atoms with E-state index in [1.807, 2.05) is 13.0 Å². The van der Waals surface area contributed by atoms with E-state index in [1.165, 1.54) is 16.4 Å². The Morgan fingerprint density at radius 2 is 1.88 bits per heavy atom. The van der Waals surface area contributed by atoms with Crippen molar-refractivity contribution < 1.29 is 17.9 Å². The zero-order valence-corrected chi connectivity index (χ0v) is 14.7. The van der Waals surface area contributed by atoms with Gasteiger partial charge in [-0.2, -0.15) is 9.40 Å². The second-order valence-corrected chi connectivity index (χ2v) is 7.66. The molecule has 1 N–H and O–H groups in total. The number of carbonyl (C=O) groups excluding carboxylic acids is 1. The van der Waals surface area contributed by atoms with Gasteiger partial charge in [-0.1, -0.05) is 0 Å². The molecule has 0 spiro atoms. The number of hydrogen-bond acceptors (Lipinski definition) is 5. The van der Waals surface area contributed by atoms with E-state index in [4.69, 9.17) is 4.74 Å². The zero-order valence-electron chi connectivity index (χ0n) is 13.9. The third-order valence-corrected chi connectivity index (χ3v) is 5.88. The highest BCUT2D eigenvalue weighted by Gasteiger charge is 2.26. The van der Waals surface area contributed by atoms with Crippen LogP contribution >= 0.6 is 0 Å². The van der Waals surface area contributed by atoms with Gasteiger partial charge < -0.3 is 10.1 Å². The molecule has 0 radical (unpaired) electrons. The number of carbonyl (C=O) groups is 1. The van der Waals surface area contributed by atoms with Crippen LogP contribution in [0.15, 0.2) is 41.4 Å². The van der Waals surface area contributed by atoms with Gasteiger partial charge in [-0.25, -0.2) is 8.42 Å². The molecule has 0 atom stereocenters. The first-order chi connectivity index (χ1) is 12.0. The van der Waals surface area contributed by atoms with Crippen molar-refractivity contribution in [2.45, 2.75) is 18.4 Å². The number of aromatic nitrogens is 2. The lowest BCUT2D eigenvalue weighted by Crippen LogP contribution is -2.40. The van der Waals surface area contributed by atoms with Crippen molar-refractivity contribution in [1.82, 2.24) is 14.1 Å². The Morgan fingerprint density at radius 1 is 1.20 bits per heavy atom. The Bertz CT molecular complexity index is 839. The molecule has 1 aromatic carbocycles. The van der Waals surface area contributed by atoms with Gasteiger partial charge in [-0.05, 0) is 37.3 Å². The van der Waals surface area contributed by atoms with Crippen LogP contribution in [0.5, 0.6) is 0 Å². The van der Waals surface area contributed by atoms with Crippen LogP contribution < -0.4 is 5.32 Å². The summed E-state index contributed by atoms with van der Waals surface area (Å²) >= 11 is 0. The third kappa shape index (κ3) is 4.06. The predicted octanol–water partition coefficient (Wildman–Crippen LogP) is 0.851. The average Bonchev–Trinajstić information content (AvgIpc) is 3.01. The Kier molecular flexibility index (Phi) is 5.16. The highest BCUT2D eigenvalue weighted by atomic mass is 32.2. The molecular weight excluding hydrogens is 344 g/mol. The van der Waals surface area contributed by atoms with E-state index in [1.54, 1.807) is 23.0 Å². The summed E-state index contributed by atoms with van der Waals surface area (Å²) in [4.78, 5) is 12.3. The maximum Gasteiger partial charge on any atom is 0.246 e. The van der Waals surface area contributed by atoms with Gasteiger partial charge in [-0.15, -0.1) is 0 Å². The second-order valence-electron chi connectivity index (χ2n) is 5.72. The molecule has 1 amide bonds. The van der Waals surface area contributed by atoms with Crippen molar-refractivity contribution in [2.24, 2.45) is 0 Å². The lowest BCUT2D eigenvalue weighted by molar-refractivity contribution is -0.116. The number of hydrogen-bond donors (Lipinski definition) is 1.